The minimum absolute atomic E-state index is 0.0367. The van der Waals surface area contributed by atoms with Gasteiger partial charge in [0.1, 0.15) is 0 Å². The summed E-state index contributed by atoms with van der Waals surface area (Å²) in [6.45, 7) is 6.39. The molecule has 0 aromatic heterocycles. The van der Waals surface area contributed by atoms with Crippen molar-refractivity contribution in [1.29, 1.82) is 0 Å². The summed E-state index contributed by atoms with van der Waals surface area (Å²) in [5.41, 5.74) is -0.415. The molecule has 1 unspecified atom stereocenters. The number of carbonyl (C=O) groups is 3. The van der Waals surface area contributed by atoms with Gasteiger partial charge in [0.15, 0.2) is 0 Å². The highest BCUT2D eigenvalue weighted by Crippen LogP contribution is 2.30. The predicted molar refractivity (Wildman–Crippen MR) is 83.2 cm³/mol. The molecule has 126 valence electrons. The van der Waals surface area contributed by atoms with E-state index in [0.717, 1.165) is 19.3 Å². The third-order valence-electron chi connectivity index (χ3n) is 4.63. The van der Waals surface area contributed by atoms with Gasteiger partial charge in [0.25, 0.3) is 0 Å². The highest BCUT2D eigenvalue weighted by atomic mass is 16.4. The maximum atomic E-state index is 12.1. The van der Waals surface area contributed by atoms with Gasteiger partial charge in [0.2, 0.25) is 11.8 Å². The first kappa shape index (κ1) is 18.5. The molecule has 2 atom stereocenters. The zero-order chi connectivity index (χ0) is 16.8. The smallest absolute Gasteiger partial charge is 0.307 e. The number of carbonyl (C=O) groups excluding carboxylic acids is 2. The fourth-order valence-electron chi connectivity index (χ4n) is 2.63. The Morgan fingerprint density at radius 1 is 1.05 bits per heavy atom. The lowest BCUT2D eigenvalue weighted by atomic mass is 9.79. The molecule has 0 aromatic rings. The fraction of sp³-hybridized carbons (Fsp3) is 0.812. The van der Waals surface area contributed by atoms with Crippen LogP contribution < -0.4 is 10.6 Å². The van der Waals surface area contributed by atoms with E-state index in [1.54, 1.807) is 0 Å². The van der Waals surface area contributed by atoms with Crippen molar-refractivity contribution in [3.05, 3.63) is 0 Å². The third-order valence-corrected chi connectivity index (χ3v) is 4.63. The van der Waals surface area contributed by atoms with Crippen molar-refractivity contribution in [2.75, 3.05) is 13.1 Å². The van der Waals surface area contributed by atoms with E-state index >= 15 is 0 Å². The van der Waals surface area contributed by atoms with Crippen LogP contribution in [0.3, 0.4) is 0 Å². The van der Waals surface area contributed by atoms with E-state index in [-0.39, 0.29) is 11.8 Å². The molecule has 3 N–H and O–H groups in total. The van der Waals surface area contributed by atoms with E-state index in [1.165, 1.54) is 0 Å². The monoisotopic (exact) mass is 312 g/mol. The Kier molecular flexibility index (Phi) is 6.84. The number of nitrogens with one attached hydrogen (secondary N) is 2. The van der Waals surface area contributed by atoms with E-state index in [1.807, 2.05) is 20.8 Å². The Labute approximate surface area is 132 Å². The van der Waals surface area contributed by atoms with Crippen LogP contribution in [0.1, 0.15) is 52.9 Å². The summed E-state index contributed by atoms with van der Waals surface area (Å²) < 4.78 is 0. The first-order valence-electron chi connectivity index (χ1n) is 8.08. The van der Waals surface area contributed by atoms with Gasteiger partial charge in [-0.1, -0.05) is 33.6 Å². The van der Waals surface area contributed by atoms with Crippen LogP contribution >= 0.6 is 0 Å². The summed E-state index contributed by atoms with van der Waals surface area (Å²) in [4.78, 5) is 35.2. The number of carboxylic acids is 1. The molecule has 1 fully saturated rings. The fourth-order valence-corrected chi connectivity index (χ4v) is 2.63. The van der Waals surface area contributed by atoms with Crippen LogP contribution in [0.4, 0.5) is 0 Å². The van der Waals surface area contributed by atoms with Gasteiger partial charge in [-0.2, -0.15) is 0 Å². The molecule has 1 aliphatic carbocycles. The first-order valence-corrected chi connectivity index (χ1v) is 8.08. The molecular weight excluding hydrogens is 284 g/mol. The molecule has 6 nitrogen and oxygen atoms in total. The maximum Gasteiger partial charge on any atom is 0.307 e. The van der Waals surface area contributed by atoms with Crippen molar-refractivity contribution in [2.24, 2.45) is 17.3 Å². The standard InChI is InChI=1S/C16H28N2O4/c1-4-16(2,3)15(22)18-10-9-17-13(19)11-7-5-6-8-12(11)14(20)21/h11-12H,4-10H2,1-3H3,(H,17,19)(H,18,22)(H,20,21)/t11?,12-/m0/s1. The second-order valence-electron chi connectivity index (χ2n) is 6.62. The molecule has 0 saturated heterocycles. The number of hydrogen-bond donors (Lipinski definition) is 3. The predicted octanol–water partition coefficient (Wildman–Crippen LogP) is 1.55. The molecule has 6 heteroatoms. The second-order valence-corrected chi connectivity index (χ2v) is 6.62. The molecule has 0 heterocycles. The average Bonchev–Trinajstić information content (AvgIpc) is 2.50. The largest absolute Gasteiger partial charge is 0.481 e. The Bertz CT molecular complexity index is 420. The molecule has 22 heavy (non-hydrogen) atoms. The topological polar surface area (TPSA) is 95.5 Å². The van der Waals surface area contributed by atoms with Gasteiger partial charge in [-0.25, -0.2) is 0 Å². The average molecular weight is 312 g/mol. The van der Waals surface area contributed by atoms with E-state index in [4.69, 9.17) is 0 Å². The van der Waals surface area contributed by atoms with E-state index in [9.17, 15) is 19.5 Å². The summed E-state index contributed by atoms with van der Waals surface area (Å²) in [7, 11) is 0. The molecule has 0 bridgehead atoms. The zero-order valence-electron chi connectivity index (χ0n) is 13.8. The molecular formula is C16H28N2O4. The van der Waals surface area contributed by atoms with Gasteiger partial charge in [0.05, 0.1) is 11.8 Å². The summed E-state index contributed by atoms with van der Waals surface area (Å²) in [5, 5.41) is 14.7. The SMILES string of the molecule is CCC(C)(C)C(=O)NCCNC(=O)C1CCCC[C@@H]1C(=O)O. The first-order chi connectivity index (χ1) is 10.3. The summed E-state index contributed by atoms with van der Waals surface area (Å²) in [5.74, 6) is -2.17. The van der Waals surface area contributed by atoms with Crippen LogP contribution in [0.2, 0.25) is 0 Å². The number of rotatable bonds is 7. The van der Waals surface area contributed by atoms with Gasteiger partial charge in [-0.3, -0.25) is 14.4 Å². The molecule has 2 amide bonds. The molecule has 0 aliphatic heterocycles. The van der Waals surface area contributed by atoms with Gasteiger partial charge in [0, 0.05) is 18.5 Å². The Morgan fingerprint density at radius 2 is 1.59 bits per heavy atom. The normalized spacial score (nSPS) is 22.0. The number of aliphatic carboxylic acids is 1. The van der Waals surface area contributed by atoms with Crippen molar-refractivity contribution in [2.45, 2.75) is 52.9 Å². The maximum absolute atomic E-state index is 12.1. The summed E-state index contributed by atoms with van der Waals surface area (Å²) >= 11 is 0. The van der Waals surface area contributed by atoms with E-state index in [2.05, 4.69) is 10.6 Å². The summed E-state index contributed by atoms with van der Waals surface area (Å²) in [6, 6.07) is 0. The van der Waals surface area contributed by atoms with Gasteiger partial charge in [-0.05, 0) is 19.3 Å². The molecule has 0 aromatic carbocycles. The van der Waals surface area contributed by atoms with E-state index < -0.39 is 23.2 Å². The third kappa shape index (κ3) is 5.00. The Balaban J connectivity index is 2.36. The Hall–Kier alpha value is -1.59. The van der Waals surface area contributed by atoms with E-state index in [0.29, 0.717) is 25.9 Å². The van der Waals surface area contributed by atoms with Crippen molar-refractivity contribution in [3.63, 3.8) is 0 Å². The van der Waals surface area contributed by atoms with Crippen LogP contribution in [-0.2, 0) is 14.4 Å². The number of hydrogen-bond acceptors (Lipinski definition) is 3. The lowest BCUT2D eigenvalue weighted by Crippen LogP contribution is -2.44. The van der Waals surface area contributed by atoms with Crippen molar-refractivity contribution in [3.8, 4) is 0 Å². The van der Waals surface area contributed by atoms with Crippen LogP contribution in [0.25, 0.3) is 0 Å². The quantitative estimate of drug-likeness (QED) is 0.621. The van der Waals surface area contributed by atoms with Gasteiger partial charge in [-0.15, -0.1) is 0 Å². The van der Waals surface area contributed by atoms with Crippen molar-refractivity contribution >= 4 is 17.8 Å². The number of amides is 2. The lowest BCUT2D eigenvalue weighted by Gasteiger charge is -2.27. The van der Waals surface area contributed by atoms with Crippen molar-refractivity contribution < 1.29 is 19.5 Å². The number of carboxylic acid groups (broad SMARTS) is 1. The highest BCUT2D eigenvalue weighted by molar-refractivity contribution is 5.85. The van der Waals surface area contributed by atoms with Crippen LogP contribution in [-0.4, -0.2) is 36.0 Å². The minimum Gasteiger partial charge on any atom is -0.481 e. The lowest BCUT2D eigenvalue weighted by molar-refractivity contribution is -0.148. The molecule has 1 saturated carbocycles. The van der Waals surface area contributed by atoms with Crippen LogP contribution in [0.15, 0.2) is 0 Å². The van der Waals surface area contributed by atoms with Crippen LogP contribution in [0, 0.1) is 17.3 Å². The Morgan fingerprint density at radius 3 is 2.14 bits per heavy atom. The van der Waals surface area contributed by atoms with Gasteiger partial charge >= 0.3 is 5.97 Å². The molecule has 0 spiro atoms. The molecule has 0 radical (unpaired) electrons. The van der Waals surface area contributed by atoms with Crippen LogP contribution in [0.5, 0.6) is 0 Å². The minimum atomic E-state index is -0.891. The van der Waals surface area contributed by atoms with Crippen molar-refractivity contribution in [1.82, 2.24) is 10.6 Å². The second kappa shape index (κ2) is 8.15. The molecule has 1 rings (SSSR count). The zero-order valence-corrected chi connectivity index (χ0v) is 13.8. The highest BCUT2D eigenvalue weighted by Gasteiger charge is 2.35. The molecule has 1 aliphatic rings. The summed E-state index contributed by atoms with van der Waals surface area (Å²) in [6.07, 6.45) is 3.69. The van der Waals surface area contributed by atoms with Gasteiger partial charge < -0.3 is 15.7 Å².